The van der Waals surface area contributed by atoms with Crippen LogP contribution in [-0.2, 0) is 0 Å². The van der Waals surface area contributed by atoms with E-state index in [4.69, 9.17) is 17.3 Å². The highest BCUT2D eigenvalue weighted by molar-refractivity contribution is 7.16. The number of rotatable bonds is 3. The van der Waals surface area contributed by atoms with Gasteiger partial charge in [-0.25, -0.2) is 0 Å². The van der Waals surface area contributed by atoms with Gasteiger partial charge in [0.15, 0.2) is 0 Å². The van der Waals surface area contributed by atoms with Gasteiger partial charge in [0.1, 0.15) is 0 Å². The summed E-state index contributed by atoms with van der Waals surface area (Å²) >= 11 is 7.40. The number of hydrogen-bond acceptors (Lipinski definition) is 2. The van der Waals surface area contributed by atoms with E-state index in [1.54, 1.807) is 11.3 Å². The van der Waals surface area contributed by atoms with Crippen molar-refractivity contribution in [3.63, 3.8) is 0 Å². The van der Waals surface area contributed by atoms with Crippen molar-refractivity contribution in [2.45, 2.75) is 26.3 Å². The minimum Gasteiger partial charge on any atom is -0.323 e. The average Bonchev–Trinajstić information content (AvgIpc) is 2.49. The molecule has 2 atom stereocenters. The molecule has 2 N–H and O–H groups in total. The van der Waals surface area contributed by atoms with Crippen LogP contribution >= 0.6 is 35.3 Å². The van der Waals surface area contributed by atoms with Gasteiger partial charge in [0.05, 0.1) is 4.34 Å². The number of halogens is 2. The van der Waals surface area contributed by atoms with Gasteiger partial charge in [-0.15, -0.1) is 23.7 Å². The molecular weight excluding hydrogens is 225 g/mol. The van der Waals surface area contributed by atoms with Crippen LogP contribution in [0.5, 0.6) is 0 Å². The van der Waals surface area contributed by atoms with Crippen LogP contribution in [0.3, 0.4) is 0 Å². The first-order valence-corrected chi connectivity index (χ1v) is 5.35. The van der Waals surface area contributed by atoms with Crippen LogP contribution in [0.25, 0.3) is 0 Å². The maximum atomic E-state index is 6.01. The molecule has 1 heterocycles. The lowest BCUT2D eigenvalue weighted by molar-refractivity contribution is 0.462. The van der Waals surface area contributed by atoms with Crippen molar-refractivity contribution in [2.75, 3.05) is 0 Å². The normalized spacial score (nSPS) is 14.8. The zero-order valence-corrected chi connectivity index (χ0v) is 10.2. The van der Waals surface area contributed by atoms with Crippen LogP contribution in [-0.4, -0.2) is 0 Å². The molecule has 1 aromatic rings. The third-order valence-corrected chi connectivity index (χ3v) is 3.51. The van der Waals surface area contributed by atoms with E-state index >= 15 is 0 Å². The first-order valence-electron chi connectivity index (χ1n) is 4.16. The number of nitrogens with two attached hydrogens (primary N) is 1. The van der Waals surface area contributed by atoms with Crippen LogP contribution in [0.1, 0.15) is 31.2 Å². The lowest BCUT2D eigenvalue weighted by Crippen LogP contribution is -2.16. The Morgan fingerprint density at radius 1 is 1.54 bits per heavy atom. The molecule has 0 aromatic carbocycles. The number of thiophene rings is 1. The van der Waals surface area contributed by atoms with Crippen molar-refractivity contribution in [3.05, 3.63) is 21.3 Å². The zero-order chi connectivity index (χ0) is 9.14. The van der Waals surface area contributed by atoms with Gasteiger partial charge in [0.2, 0.25) is 0 Å². The van der Waals surface area contributed by atoms with E-state index in [2.05, 4.69) is 13.8 Å². The van der Waals surface area contributed by atoms with Gasteiger partial charge in [0.25, 0.3) is 0 Å². The fourth-order valence-corrected chi connectivity index (χ4v) is 2.24. The van der Waals surface area contributed by atoms with E-state index in [-0.39, 0.29) is 18.4 Å². The lowest BCUT2D eigenvalue weighted by Gasteiger charge is -2.16. The summed E-state index contributed by atoms with van der Waals surface area (Å²) < 4.78 is 0.823. The van der Waals surface area contributed by atoms with Gasteiger partial charge in [-0.2, -0.15) is 0 Å². The first-order chi connectivity index (χ1) is 5.65. The summed E-state index contributed by atoms with van der Waals surface area (Å²) in [6.45, 7) is 4.32. The topological polar surface area (TPSA) is 26.0 Å². The molecule has 4 heteroatoms. The van der Waals surface area contributed by atoms with Gasteiger partial charge in [-0.3, -0.25) is 0 Å². The lowest BCUT2D eigenvalue weighted by atomic mass is 9.99. The Morgan fingerprint density at radius 3 is 2.54 bits per heavy atom. The molecular formula is C9H15Cl2NS. The van der Waals surface area contributed by atoms with Crippen LogP contribution < -0.4 is 5.73 Å². The molecule has 0 saturated heterocycles. The standard InChI is InChI=1S/C9H14ClNS.ClH/c1-3-6(2)9(11)7-4-5-8(10)12-7;/h4-6,9H,3,11H2,1-2H3;1H/t6?,9-;/m1./s1. The van der Waals surface area contributed by atoms with E-state index in [0.29, 0.717) is 5.92 Å². The zero-order valence-electron chi connectivity index (χ0n) is 7.79. The monoisotopic (exact) mass is 239 g/mol. The Bertz CT molecular complexity index is 250. The third kappa shape index (κ3) is 3.47. The summed E-state index contributed by atoms with van der Waals surface area (Å²) in [6.07, 6.45) is 1.11. The van der Waals surface area contributed by atoms with Crippen LogP contribution in [0.4, 0.5) is 0 Å². The van der Waals surface area contributed by atoms with E-state index < -0.39 is 0 Å². The van der Waals surface area contributed by atoms with Crippen molar-refractivity contribution in [3.8, 4) is 0 Å². The Kier molecular flexibility index (Phi) is 5.97. The molecule has 0 aliphatic rings. The molecule has 76 valence electrons. The molecule has 0 bridgehead atoms. The second-order valence-electron chi connectivity index (χ2n) is 3.05. The highest BCUT2D eigenvalue weighted by Gasteiger charge is 2.14. The van der Waals surface area contributed by atoms with Crippen LogP contribution in [0, 0.1) is 5.92 Å². The van der Waals surface area contributed by atoms with Crippen molar-refractivity contribution in [1.82, 2.24) is 0 Å². The molecule has 0 fully saturated rings. The Labute approximate surface area is 94.7 Å². The molecule has 1 rings (SSSR count). The van der Waals surface area contributed by atoms with Gasteiger partial charge >= 0.3 is 0 Å². The third-order valence-electron chi connectivity index (χ3n) is 2.18. The molecule has 0 radical (unpaired) electrons. The maximum Gasteiger partial charge on any atom is 0.0931 e. The van der Waals surface area contributed by atoms with Crippen LogP contribution in [0.2, 0.25) is 4.34 Å². The molecule has 0 spiro atoms. The summed E-state index contributed by atoms with van der Waals surface area (Å²) in [5.41, 5.74) is 6.01. The minimum atomic E-state index is 0. The highest BCUT2D eigenvalue weighted by atomic mass is 35.5. The Morgan fingerprint density at radius 2 is 2.15 bits per heavy atom. The van der Waals surface area contributed by atoms with Crippen molar-refractivity contribution < 1.29 is 0 Å². The molecule has 13 heavy (non-hydrogen) atoms. The highest BCUT2D eigenvalue weighted by Crippen LogP contribution is 2.30. The van der Waals surface area contributed by atoms with Crippen molar-refractivity contribution in [2.24, 2.45) is 11.7 Å². The fourth-order valence-electron chi connectivity index (χ4n) is 1.04. The summed E-state index contributed by atoms with van der Waals surface area (Å²) in [5, 5.41) is 0. The second-order valence-corrected chi connectivity index (χ2v) is 4.80. The number of hydrogen-bond donors (Lipinski definition) is 1. The van der Waals surface area contributed by atoms with E-state index in [9.17, 15) is 0 Å². The van der Waals surface area contributed by atoms with Crippen LogP contribution in [0.15, 0.2) is 12.1 Å². The molecule has 1 nitrogen and oxygen atoms in total. The Balaban J connectivity index is 0.00000144. The predicted octanol–water partition coefficient (Wildman–Crippen LogP) is 3.87. The first kappa shape index (κ1) is 13.2. The quantitative estimate of drug-likeness (QED) is 0.852. The van der Waals surface area contributed by atoms with E-state index in [1.165, 1.54) is 4.88 Å². The molecule has 0 aliphatic carbocycles. The van der Waals surface area contributed by atoms with Crippen molar-refractivity contribution in [1.29, 1.82) is 0 Å². The molecule has 0 amide bonds. The average molecular weight is 240 g/mol. The summed E-state index contributed by atoms with van der Waals surface area (Å²) in [4.78, 5) is 1.19. The largest absolute Gasteiger partial charge is 0.323 e. The minimum absolute atomic E-state index is 0. The maximum absolute atomic E-state index is 6.01. The molecule has 1 unspecified atom stereocenters. The summed E-state index contributed by atoms with van der Waals surface area (Å²) in [7, 11) is 0. The van der Waals surface area contributed by atoms with Crippen molar-refractivity contribution >= 4 is 35.3 Å². The molecule has 0 saturated carbocycles. The van der Waals surface area contributed by atoms with Gasteiger partial charge in [0, 0.05) is 10.9 Å². The molecule has 1 aromatic heterocycles. The van der Waals surface area contributed by atoms with Gasteiger partial charge in [-0.1, -0.05) is 31.9 Å². The summed E-state index contributed by atoms with van der Waals surface area (Å²) in [6, 6.07) is 4.07. The summed E-state index contributed by atoms with van der Waals surface area (Å²) in [5.74, 6) is 0.528. The van der Waals surface area contributed by atoms with E-state index in [1.807, 2.05) is 12.1 Å². The Hall–Kier alpha value is 0.240. The predicted molar refractivity (Wildman–Crippen MR) is 63.0 cm³/mol. The molecule has 0 aliphatic heterocycles. The fraction of sp³-hybridized carbons (Fsp3) is 0.556. The second kappa shape index (κ2) is 5.86. The van der Waals surface area contributed by atoms with E-state index in [0.717, 1.165) is 10.8 Å². The SMILES string of the molecule is CCC(C)[C@@H](N)c1ccc(Cl)s1.Cl. The van der Waals surface area contributed by atoms with Gasteiger partial charge in [-0.05, 0) is 18.1 Å². The van der Waals surface area contributed by atoms with Gasteiger partial charge < -0.3 is 5.73 Å². The smallest absolute Gasteiger partial charge is 0.0931 e.